The number of amides is 2. The average Bonchev–Trinajstić information content (AvgIpc) is 3.11. The van der Waals surface area contributed by atoms with Gasteiger partial charge in [-0.2, -0.15) is 4.98 Å². The highest BCUT2D eigenvalue weighted by atomic mass is 16.6. The Kier molecular flexibility index (Phi) is 5.04. The second-order valence-corrected chi connectivity index (χ2v) is 7.41. The molecule has 2 amide bonds. The van der Waals surface area contributed by atoms with E-state index in [-0.39, 0.29) is 29.8 Å². The average molecular weight is 384 g/mol. The molecule has 2 aromatic rings. The molecular weight excluding hydrogens is 360 g/mol. The number of benzene rings is 1. The number of hydrogen-bond acceptors (Lipinski definition) is 6. The molecule has 1 aromatic heterocycles. The molecule has 0 spiro atoms. The Bertz CT molecular complexity index is 853. The van der Waals surface area contributed by atoms with Crippen LogP contribution in [0, 0.1) is 5.92 Å². The lowest BCUT2D eigenvalue weighted by molar-refractivity contribution is -0.114. The van der Waals surface area contributed by atoms with Gasteiger partial charge in [-0.05, 0) is 63.0 Å². The van der Waals surface area contributed by atoms with E-state index in [9.17, 15) is 9.59 Å². The largest absolute Gasteiger partial charge is 0.411 e. The maximum absolute atomic E-state index is 12.7. The minimum atomic E-state index is -0.254. The van der Waals surface area contributed by atoms with Crippen LogP contribution in [0.5, 0.6) is 11.8 Å². The second kappa shape index (κ2) is 7.63. The first-order valence-electron chi connectivity index (χ1n) is 9.56. The van der Waals surface area contributed by atoms with Gasteiger partial charge in [-0.3, -0.25) is 19.8 Å². The summed E-state index contributed by atoms with van der Waals surface area (Å²) in [6, 6.07) is 7.39. The molecule has 2 bridgehead atoms. The number of nitrogens with one attached hydrogen (secondary N) is 2. The van der Waals surface area contributed by atoms with Gasteiger partial charge in [0, 0.05) is 24.6 Å². The third-order valence-electron chi connectivity index (χ3n) is 5.58. The Balaban J connectivity index is 1.37. The van der Waals surface area contributed by atoms with Crippen LogP contribution in [0.2, 0.25) is 0 Å². The highest BCUT2D eigenvalue weighted by molar-refractivity contribution is 5.94. The highest BCUT2D eigenvalue weighted by Crippen LogP contribution is 2.32. The Morgan fingerprint density at radius 2 is 1.93 bits per heavy atom. The van der Waals surface area contributed by atoms with Crippen molar-refractivity contribution in [3.8, 4) is 11.8 Å². The van der Waals surface area contributed by atoms with Crippen molar-refractivity contribution in [1.29, 1.82) is 0 Å². The van der Waals surface area contributed by atoms with Crippen LogP contribution in [-0.4, -0.2) is 46.9 Å². The minimum Gasteiger partial charge on any atom is -0.411 e. The van der Waals surface area contributed by atoms with Crippen LogP contribution < -0.4 is 15.4 Å². The fourth-order valence-corrected chi connectivity index (χ4v) is 4.09. The standard InChI is InChI=1S/C20H24N4O4/c1-12-18(14-7-9-24(12)10-8-14)23-19(26)15-3-5-16(6-4-15)27-20-21-11-17(28-20)22-13(2)25/h3-6,11-12,14,18H,7-10H2,1-2H3,(H,22,25)(H,23,26). The smallest absolute Gasteiger partial charge is 0.401 e. The van der Waals surface area contributed by atoms with Gasteiger partial charge in [0.1, 0.15) is 5.75 Å². The van der Waals surface area contributed by atoms with E-state index in [1.165, 1.54) is 13.1 Å². The molecule has 3 aliphatic rings. The number of rotatable bonds is 5. The van der Waals surface area contributed by atoms with E-state index in [0.717, 1.165) is 25.9 Å². The third-order valence-corrected chi connectivity index (χ3v) is 5.58. The number of hydrogen-bond donors (Lipinski definition) is 2. The summed E-state index contributed by atoms with van der Waals surface area (Å²) in [5.74, 6) is 0.945. The lowest BCUT2D eigenvalue weighted by Crippen LogP contribution is -2.62. The van der Waals surface area contributed by atoms with Gasteiger partial charge in [0.25, 0.3) is 5.91 Å². The number of piperidine rings is 3. The summed E-state index contributed by atoms with van der Waals surface area (Å²) in [7, 11) is 0. The van der Waals surface area contributed by atoms with Crippen molar-refractivity contribution >= 4 is 17.7 Å². The summed E-state index contributed by atoms with van der Waals surface area (Å²) in [6.07, 6.45) is 3.69. The summed E-state index contributed by atoms with van der Waals surface area (Å²) < 4.78 is 10.8. The van der Waals surface area contributed by atoms with Gasteiger partial charge in [0.15, 0.2) is 0 Å². The molecule has 8 heteroatoms. The molecule has 5 rings (SSSR count). The van der Waals surface area contributed by atoms with Crippen molar-refractivity contribution in [2.45, 2.75) is 38.8 Å². The van der Waals surface area contributed by atoms with Gasteiger partial charge >= 0.3 is 6.08 Å². The van der Waals surface area contributed by atoms with Gasteiger partial charge < -0.3 is 14.5 Å². The molecule has 2 unspecified atom stereocenters. The molecule has 1 aromatic carbocycles. The van der Waals surface area contributed by atoms with Crippen LogP contribution in [0.15, 0.2) is 34.9 Å². The molecule has 3 aliphatic heterocycles. The monoisotopic (exact) mass is 384 g/mol. The van der Waals surface area contributed by atoms with Gasteiger partial charge in [-0.25, -0.2) is 0 Å². The number of nitrogens with zero attached hydrogens (tertiary/aromatic N) is 2. The van der Waals surface area contributed by atoms with E-state index in [0.29, 0.717) is 23.3 Å². The summed E-state index contributed by atoms with van der Waals surface area (Å²) in [4.78, 5) is 30.1. The zero-order valence-electron chi connectivity index (χ0n) is 16.0. The summed E-state index contributed by atoms with van der Waals surface area (Å²) >= 11 is 0. The van der Waals surface area contributed by atoms with Crippen LogP contribution >= 0.6 is 0 Å². The van der Waals surface area contributed by atoms with Crippen molar-refractivity contribution in [3.05, 3.63) is 36.0 Å². The van der Waals surface area contributed by atoms with E-state index in [4.69, 9.17) is 9.15 Å². The minimum absolute atomic E-state index is 0.0158. The van der Waals surface area contributed by atoms with E-state index in [2.05, 4.69) is 27.4 Å². The molecule has 3 saturated heterocycles. The maximum atomic E-state index is 12.7. The first-order valence-corrected chi connectivity index (χ1v) is 9.56. The van der Waals surface area contributed by atoms with Crippen molar-refractivity contribution in [1.82, 2.24) is 15.2 Å². The molecule has 2 N–H and O–H groups in total. The molecular formula is C20H24N4O4. The van der Waals surface area contributed by atoms with Crippen LogP contribution in [0.25, 0.3) is 0 Å². The first kappa shape index (κ1) is 18.5. The summed E-state index contributed by atoms with van der Waals surface area (Å²) in [6.45, 7) is 5.84. The Hall–Kier alpha value is -2.87. The van der Waals surface area contributed by atoms with Crippen LogP contribution in [0.1, 0.15) is 37.0 Å². The fraction of sp³-hybridized carbons (Fsp3) is 0.450. The normalized spacial score (nSPS) is 25.9. The number of anilines is 1. The van der Waals surface area contributed by atoms with Gasteiger partial charge in [-0.15, -0.1) is 0 Å². The number of fused-ring (bicyclic) bond motifs is 3. The predicted octanol–water partition coefficient (Wildman–Crippen LogP) is 2.64. The zero-order chi connectivity index (χ0) is 19.7. The van der Waals surface area contributed by atoms with Crippen molar-refractivity contribution < 1.29 is 18.7 Å². The van der Waals surface area contributed by atoms with E-state index >= 15 is 0 Å². The van der Waals surface area contributed by atoms with Crippen LogP contribution in [0.3, 0.4) is 0 Å². The van der Waals surface area contributed by atoms with Gasteiger partial charge in [-0.1, -0.05) is 0 Å². The number of carbonyl (C=O) groups excluding carboxylic acids is 2. The van der Waals surface area contributed by atoms with Gasteiger partial charge in [0.05, 0.1) is 6.20 Å². The number of aromatic nitrogens is 1. The predicted molar refractivity (Wildman–Crippen MR) is 102 cm³/mol. The first-order chi connectivity index (χ1) is 13.5. The second-order valence-electron chi connectivity index (χ2n) is 7.41. The van der Waals surface area contributed by atoms with E-state index in [1.54, 1.807) is 24.3 Å². The SMILES string of the molecule is CC(=O)Nc1cnc(Oc2ccc(C(=O)NC3C4CCN(CC4)C3C)cc2)o1. The van der Waals surface area contributed by atoms with Crippen molar-refractivity contribution in [2.75, 3.05) is 18.4 Å². The highest BCUT2D eigenvalue weighted by Gasteiger charge is 2.40. The van der Waals surface area contributed by atoms with Crippen molar-refractivity contribution in [2.24, 2.45) is 5.92 Å². The summed E-state index contributed by atoms with van der Waals surface area (Å²) in [5, 5.41) is 5.70. The maximum Gasteiger partial charge on any atom is 0.401 e. The topological polar surface area (TPSA) is 96.7 Å². The zero-order valence-corrected chi connectivity index (χ0v) is 16.0. The Morgan fingerprint density at radius 3 is 2.57 bits per heavy atom. The molecule has 0 radical (unpaired) electrons. The molecule has 0 saturated carbocycles. The summed E-state index contributed by atoms with van der Waals surface area (Å²) in [5.41, 5.74) is 0.585. The van der Waals surface area contributed by atoms with E-state index < -0.39 is 0 Å². The molecule has 8 nitrogen and oxygen atoms in total. The quantitative estimate of drug-likeness (QED) is 0.823. The number of carbonyl (C=O) groups is 2. The number of ether oxygens (including phenoxy) is 1. The third kappa shape index (κ3) is 3.87. The molecule has 4 heterocycles. The van der Waals surface area contributed by atoms with Crippen LogP contribution in [0.4, 0.5) is 5.88 Å². The van der Waals surface area contributed by atoms with Crippen molar-refractivity contribution in [3.63, 3.8) is 0 Å². The van der Waals surface area contributed by atoms with Crippen LogP contribution in [-0.2, 0) is 4.79 Å². The number of oxazole rings is 1. The lowest BCUT2D eigenvalue weighted by atomic mass is 9.79. The fourth-order valence-electron chi connectivity index (χ4n) is 4.09. The lowest BCUT2D eigenvalue weighted by Gasteiger charge is -2.49. The molecule has 3 fully saturated rings. The molecule has 28 heavy (non-hydrogen) atoms. The Morgan fingerprint density at radius 1 is 1.21 bits per heavy atom. The molecule has 0 aliphatic carbocycles. The Labute approximate surface area is 163 Å². The van der Waals surface area contributed by atoms with E-state index in [1.807, 2.05) is 0 Å². The molecule has 148 valence electrons. The molecule has 2 atom stereocenters. The van der Waals surface area contributed by atoms with Gasteiger partial charge in [0.2, 0.25) is 11.8 Å².